The van der Waals surface area contributed by atoms with E-state index in [9.17, 15) is 9.59 Å². The Hall–Kier alpha value is -2.54. The zero-order chi connectivity index (χ0) is 17.9. The van der Waals surface area contributed by atoms with Gasteiger partial charge >= 0.3 is 0 Å². The molecule has 3 heterocycles. The smallest absolute Gasteiger partial charge is 0.263 e. The average molecular weight is 354 g/mol. The molecule has 4 rings (SSSR count). The number of pyridine rings is 1. The van der Waals surface area contributed by atoms with E-state index < -0.39 is 0 Å². The number of carbonyl (C=O) groups excluding carboxylic acids is 1. The van der Waals surface area contributed by atoms with Gasteiger partial charge in [-0.3, -0.25) is 14.6 Å². The van der Waals surface area contributed by atoms with Gasteiger partial charge in [-0.2, -0.15) is 0 Å². The van der Waals surface area contributed by atoms with Crippen LogP contribution in [0.25, 0.3) is 0 Å². The highest BCUT2D eigenvalue weighted by atomic mass is 16.5. The number of hydrogen-bond donors (Lipinski definition) is 1. The van der Waals surface area contributed by atoms with Crippen molar-refractivity contribution in [2.45, 2.75) is 44.3 Å². The second kappa shape index (κ2) is 7.37. The van der Waals surface area contributed by atoms with Crippen LogP contribution < -0.4 is 5.56 Å². The quantitative estimate of drug-likeness (QED) is 0.885. The van der Waals surface area contributed by atoms with E-state index in [4.69, 9.17) is 4.74 Å². The molecular weight excluding hydrogens is 332 g/mol. The highest BCUT2D eigenvalue weighted by molar-refractivity contribution is 5.93. The summed E-state index contributed by atoms with van der Waals surface area (Å²) in [6.07, 6.45) is 6.96. The van der Waals surface area contributed by atoms with Crippen LogP contribution in [0.1, 0.15) is 53.5 Å². The summed E-state index contributed by atoms with van der Waals surface area (Å²) in [6.45, 7) is 1.54. The van der Waals surface area contributed by atoms with Gasteiger partial charge in [0.1, 0.15) is 11.4 Å². The third-order valence-electron chi connectivity index (χ3n) is 4.87. The lowest BCUT2D eigenvalue weighted by Gasteiger charge is -2.32. The molecule has 1 aliphatic heterocycles. The summed E-state index contributed by atoms with van der Waals surface area (Å²) in [5, 5.41) is 0. The van der Waals surface area contributed by atoms with E-state index in [0.29, 0.717) is 31.4 Å². The summed E-state index contributed by atoms with van der Waals surface area (Å²) < 4.78 is 5.92. The van der Waals surface area contributed by atoms with Gasteiger partial charge in [0.2, 0.25) is 0 Å². The second-order valence-electron chi connectivity index (χ2n) is 6.93. The van der Waals surface area contributed by atoms with Crippen molar-refractivity contribution in [2.75, 3.05) is 13.1 Å². The maximum absolute atomic E-state index is 12.7. The summed E-state index contributed by atoms with van der Waals surface area (Å²) >= 11 is 0. The van der Waals surface area contributed by atoms with Crippen molar-refractivity contribution in [3.05, 3.63) is 58.0 Å². The minimum atomic E-state index is -0.344. The van der Waals surface area contributed by atoms with Crippen molar-refractivity contribution in [1.29, 1.82) is 0 Å². The number of amides is 1. The minimum absolute atomic E-state index is 0.0486. The maximum Gasteiger partial charge on any atom is 0.263 e. The average Bonchev–Trinajstić information content (AvgIpc) is 3.52. The van der Waals surface area contributed by atoms with E-state index in [0.717, 1.165) is 31.4 Å². The normalized spacial score (nSPS) is 20.2. The third kappa shape index (κ3) is 3.83. The maximum atomic E-state index is 12.7. The van der Waals surface area contributed by atoms with Crippen molar-refractivity contribution >= 4 is 5.91 Å². The van der Waals surface area contributed by atoms with Crippen molar-refractivity contribution in [3.8, 4) is 0 Å². The molecule has 7 nitrogen and oxygen atoms in total. The first-order valence-corrected chi connectivity index (χ1v) is 9.10. The van der Waals surface area contributed by atoms with Crippen LogP contribution in [0, 0.1) is 0 Å². The van der Waals surface area contributed by atoms with Gasteiger partial charge in [-0.25, -0.2) is 4.98 Å². The topological polar surface area (TPSA) is 88.2 Å². The fourth-order valence-corrected chi connectivity index (χ4v) is 3.24. The fourth-order valence-electron chi connectivity index (χ4n) is 3.24. The van der Waals surface area contributed by atoms with E-state index in [2.05, 4.69) is 15.0 Å². The number of hydrogen-bond acceptors (Lipinski definition) is 5. The Balaban J connectivity index is 1.39. The largest absolute Gasteiger partial charge is 0.370 e. The first kappa shape index (κ1) is 16.9. The van der Waals surface area contributed by atoms with Crippen LogP contribution in [0.15, 0.2) is 35.4 Å². The van der Waals surface area contributed by atoms with Crippen LogP contribution in [-0.4, -0.2) is 45.0 Å². The Kier molecular flexibility index (Phi) is 4.79. The number of nitrogens with one attached hydrogen (secondary N) is 1. The van der Waals surface area contributed by atoms with E-state index in [1.807, 2.05) is 18.2 Å². The van der Waals surface area contributed by atoms with Gasteiger partial charge in [0, 0.05) is 31.4 Å². The third-order valence-corrected chi connectivity index (χ3v) is 4.87. The molecule has 1 atom stereocenters. The second-order valence-corrected chi connectivity index (χ2v) is 6.93. The van der Waals surface area contributed by atoms with Crippen molar-refractivity contribution in [3.63, 3.8) is 0 Å². The molecule has 0 radical (unpaired) electrons. The fraction of sp³-hybridized carbons (Fsp3) is 0.474. The number of piperidine rings is 1. The molecule has 1 saturated carbocycles. The van der Waals surface area contributed by atoms with E-state index in [-0.39, 0.29) is 23.1 Å². The first-order valence-electron chi connectivity index (χ1n) is 9.10. The van der Waals surface area contributed by atoms with E-state index >= 15 is 0 Å². The van der Waals surface area contributed by atoms with Crippen LogP contribution in [-0.2, 0) is 11.3 Å². The molecule has 2 aromatic heterocycles. The highest BCUT2D eigenvalue weighted by Gasteiger charge is 2.29. The van der Waals surface area contributed by atoms with Gasteiger partial charge in [-0.15, -0.1) is 0 Å². The number of rotatable bonds is 5. The molecule has 0 bridgehead atoms. The summed E-state index contributed by atoms with van der Waals surface area (Å²) in [6, 6.07) is 5.70. The summed E-state index contributed by atoms with van der Waals surface area (Å²) in [5.41, 5.74) is 0.635. The van der Waals surface area contributed by atoms with Crippen LogP contribution in [0.2, 0.25) is 0 Å². The van der Waals surface area contributed by atoms with Gasteiger partial charge in [0.25, 0.3) is 11.5 Å². The lowest BCUT2D eigenvalue weighted by atomic mass is 10.1. The Bertz CT molecular complexity index is 832. The zero-order valence-electron chi connectivity index (χ0n) is 14.6. The Morgan fingerprint density at radius 3 is 2.88 bits per heavy atom. The number of aromatic nitrogens is 3. The lowest BCUT2D eigenvalue weighted by molar-refractivity contribution is -0.00791. The molecule has 1 amide bonds. The number of nitrogens with zero attached hydrogens (tertiary/aromatic N) is 3. The number of likely N-dealkylation sites (tertiary alicyclic amines) is 1. The molecule has 0 spiro atoms. The van der Waals surface area contributed by atoms with Crippen LogP contribution >= 0.6 is 0 Å². The van der Waals surface area contributed by atoms with Gasteiger partial charge in [-0.1, -0.05) is 6.07 Å². The molecule has 1 N–H and O–H groups in total. The Morgan fingerprint density at radius 2 is 2.15 bits per heavy atom. The van der Waals surface area contributed by atoms with Crippen molar-refractivity contribution < 1.29 is 9.53 Å². The molecule has 2 fully saturated rings. The van der Waals surface area contributed by atoms with Crippen LogP contribution in [0.5, 0.6) is 0 Å². The van der Waals surface area contributed by atoms with E-state index in [1.54, 1.807) is 11.1 Å². The number of carbonyl (C=O) groups is 1. The number of H-pyrrole nitrogens is 1. The molecule has 1 saturated heterocycles. The number of ether oxygens (including phenoxy) is 1. The standard InChI is InChI=1S/C19H22N4O3/c24-18-16(10-21-17(22-18)13-6-7-13)19(25)23-9-3-5-15(11-23)26-12-14-4-1-2-8-20-14/h1-2,4,8,10,13,15H,3,5-7,9,11-12H2,(H,21,22,24). The van der Waals surface area contributed by atoms with Gasteiger partial charge in [0.15, 0.2) is 0 Å². The monoisotopic (exact) mass is 354 g/mol. The summed E-state index contributed by atoms with van der Waals surface area (Å²) in [5.74, 6) is 0.778. The van der Waals surface area contributed by atoms with Crippen molar-refractivity contribution in [1.82, 2.24) is 19.9 Å². The highest BCUT2D eigenvalue weighted by Crippen LogP contribution is 2.37. The molecule has 2 aliphatic rings. The first-order chi connectivity index (χ1) is 12.7. The SMILES string of the molecule is O=C(c1cnc(C2CC2)[nH]c1=O)N1CCCC(OCc2ccccn2)C1. The molecule has 2 aromatic rings. The van der Waals surface area contributed by atoms with Crippen molar-refractivity contribution in [2.24, 2.45) is 0 Å². The van der Waals surface area contributed by atoms with Crippen LogP contribution in [0.4, 0.5) is 0 Å². The molecule has 1 unspecified atom stereocenters. The predicted octanol–water partition coefficient (Wildman–Crippen LogP) is 1.86. The zero-order valence-corrected chi connectivity index (χ0v) is 14.6. The minimum Gasteiger partial charge on any atom is -0.370 e. The molecule has 26 heavy (non-hydrogen) atoms. The summed E-state index contributed by atoms with van der Waals surface area (Å²) in [7, 11) is 0. The summed E-state index contributed by atoms with van der Waals surface area (Å²) in [4.78, 5) is 38.0. The predicted molar refractivity (Wildman–Crippen MR) is 94.8 cm³/mol. The Labute approximate surface area is 151 Å². The molecule has 136 valence electrons. The molecule has 0 aromatic carbocycles. The van der Waals surface area contributed by atoms with Gasteiger partial charge in [0.05, 0.1) is 18.4 Å². The van der Waals surface area contributed by atoms with Gasteiger partial charge < -0.3 is 14.6 Å². The molecular formula is C19H22N4O3. The van der Waals surface area contributed by atoms with E-state index in [1.165, 1.54) is 6.20 Å². The Morgan fingerprint density at radius 1 is 1.27 bits per heavy atom. The van der Waals surface area contributed by atoms with Crippen LogP contribution in [0.3, 0.4) is 0 Å². The molecule has 7 heteroatoms. The van der Waals surface area contributed by atoms with Gasteiger partial charge in [-0.05, 0) is 37.8 Å². The number of aromatic amines is 1. The molecule has 1 aliphatic carbocycles. The lowest BCUT2D eigenvalue weighted by Crippen LogP contribution is -2.44.